The quantitative estimate of drug-likeness (QED) is 0.884. The number of rotatable bonds is 6. The van der Waals surface area contributed by atoms with Gasteiger partial charge in [-0.2, -0.15) is 0 Å². The normalized spacial score (nSPS) is 11.8. The van der Waals surface area contributed by atoms with E-state index in [1.807, 2.05) is 6.92 Å². The fraction of sp³-hybridized carbons (Fsp3) is 0.357. The monoisotopic (exact) mass is 328 g/mol. The van der Waals surface area contributed by atoms with Crippen molar-refractivity contribution in [2.45, 2.75) is 38.1 Å². The highest BCUT2D eigenvalue weighted by Crippen LogP contribution is 2.22. The van der Waals surface area contributed by atoms with E-state index < -0.39 is 10.0 Å². The van der Waals surface area contributed by atoms with Crippen LogP contribution in [0.15, 0.2) is 33.7 Å². The van der Waals surface area contributed by atoms with Gasteiger partial charge in [-0.1, -0.05) is 36.2 Å². The second-order valence-corrected chi connectivity index (χ2v) is 6.86. The summed E-state index contributed by atoms with van der Waals surface area (Å²) in [6, 6.07) is 6.55. The molecule has 0 bridgehead atoms. The second kappa shape index (κ2) is 6.60. The lowest BCUT2D eigenvalue weighted by atomic mass is 10.2. The zero-order chi connectivity index (χ0) is 15.5. The van der Waals surface area contributed by atoms with E-state index in [1.54, 1.807) is 25.1 Å². The SMILES string of the molecule is CCCc1cc(CNS(=O)(=O)c2cccc(Cl)c2C)on1. The van der Waals surface area contributed by atoms with Crippen molar-refractivity contribution in [3.8, 4) is 0 Å². The van der Waals surface area contributed by atoms with E-state index in [2.05, 4.69) is 9.88 Å². The maximum Gasteiger partial charge on any atom is 0.241 e. The van der Waals surface area contributed by atoms with Crippen LogP contribution in [0.25, 0.3) is 0 Å². The lowest BCUT2D eigenvalue weighted by Crippen LogP contribution is -2.23. The minimum Gasteiger partial charge on any atom is -0.360 e. The summed E-state index contributed by atoms with van der Waals surface area (Å²) < 4.78 is 32.2. The van der Waals surface area contributed by atoms with Crippen LogP contribution in [0.4, 0.5) is 0 Å². The molecule has 5 nitrogen and oxygen atoms in total. The molecule has 21 heavy (non-hydrogen) atoms. The van der Waals surface area contributed by atoms with E-state index in [0.29, 0.717) is 16.3 Å². The number of aromatic nitrogens is 1. The molecule has 0 fully saturated rings. The molecule has 0 aliphatic heterocycles. The van der Waals surface area contributed by atoms with Crippen molar-refractivity contribution < 1.29 is 12.9 Å². The number of hydrogen-bond acceptors (Lipinski definition) is 4. The van der Waals surface area contributed by atoms with Gasteiger partial charge in [0.2, 0.25) is 10.0 Å². The Hall–Kier alpha value is -1.37. The summed E-state index contributed by atoms with van der Waals surface area (Å²) in [4.78, 5) is 0.170. The molecule has 0 radical (unpaired) electrons. The van der Waals surface area contributed by atoms with Crippen molar-refractivity contribution in [1.82, 2.24) is 9.88 Å². The number of hydrogen-bond donors (Lipinski definition) is 1. The first-order valence-electron chi connectivity index (χ1n) is 6.63. The first kappa shape index (κ1) is 16.0. The molecule has 1 aromatic heterocycles. The van der Waals surface area contributed by atoms with Crippen molar-refractivity contribution in [1.29, 1.82) is 0 Å². The zero-order valence-corrected chi connectivity index (χ0v) is 13.5. The minimum atomic E-state index is -3.64. The van der Waals surface area contributed by atoms with Gasteiger partial charge in [-0.05, 0) is 31.0 Å². The van der Waals surface area contributed by atoms with Crippen LogP contribution in [0.2, 0.25) is 5.02 Å². The number of nitrogens with zero attached hydrogens (tertiary/aromatic N) is 1. The summed E-state index contributed by atoms with van der Waals surface area (Å²) in [6.07, 6.45) is 1.77. The molecule has 0 amide bonds. The summed E-state index contributed by atoms with van der Waals surface area (Å²) in [5, 5.41) is 4.30. The average molecular weight is 329 g/mol. The van der Waals surface area contributed by atoms with Crippen LogP contribution in [0, 0.1) is 6.92 Å². The predicted octanol–water partition coefficient (Wildman–Crippen LogP) is 3.07. The van der Waals surface area contributed by atoms with Crippen LogP contribution in [-0.4, -0.2) is 13.6 Å². The van der Waals surface area contributed by atoms with Crippen molar-refractivity contribution in [3.05, 3.63) is 46.3 Å². The largest absolute Gasteiger partial charge is 0.360 e. The molecule has 0 aliphatic rings. The van der Waals surface area contributed by atoms with E-state index in [9.17, 15) is 8.42 Å². The van der Waals surface area contributed by atoms with Gasteiger partial charge >= 0.3 is 0 Å². The maximum absolute atomic E-state index is 12.3. The molecule has 1 heterocycles. The molecule has 7 heteroatoms. The lowest BCUT2D eigenvalue weighted by molar-refractivity contribution is 0.374. The van der Waals surface area contributed by atoms with Crippen LogP contribution in [-0.2, 0) is 23.0 Å². The maximum atomic E-state index is 12.3. The Morgan fingerprint density at radius 3 is 2.86 bits per heavy atom. The van der Waals surface area contributed by atoms with Crippen LogP contribution in [0.1, 0.15) is 30.4 Å². The van der Waals surface area contributed by atoms with Crippen LogP contribution in [0.5, 0.6) is 0 Å². The molecule has 114 valence electrons. The molecule has 0 spiro atoms. The van der Waals surface area contributed by atoms with E-state index in [0.717, 1.165) is 18.5 Å². The first-order valence-corrected chi connectivity index (χ1v) is 8.49. The van der Waals surface area contributed by atoms with Gasteiger partial charge in [0.05, 0.1) is 17.1 Å². The second-order valence-electron chi connectivity index (χ2n) is 4.72. The zero-order valence-electron chi connectivity index (χ0n) is 11.9. The van der Waals surface area contributed by atoms with Gasteiger partial charge in [-0.3, -0.25) is 0 Å². The molecule has 1 aromatic carbocycles. The summed E-state index contributed by atoms with van der Waals surface area (Å²) in [6.45, 7) is 3.77. The van der Waals surface area contributed by atoms with E-state index in [-0.39, 0.29) is 11.4 Å². The summed E-state index contributed by atoms with van der Waals surface area (Å²) in [7, 11) is -3.64. The Balaban J connectivity index is 2.12. The molecule has 2 aromatic rings. The number of aryl methyl sites for hydroxylation is 1. The number of benzene rings is 1. The summed E-state index contributed by atoms with van der Waals surface area (Å²) in [5.41, 5.74) is 1.35. The standard InChI is InChI=1S/C14H17ClN2O3S/c1-3-5-11-8-12(20-17-11)9-16-21(18,19)14-7-4-6-13(15)10(14)2/h4,6-8,16H,3,5,9H2,1-2H3. The fourth-order valence-electron chi connectivity index (χ4n) is 1.94. The Morgan fingerprint density at radius 2 is 2.14 bits per heavy atom. The van der Waals surface area contributed by atoms with Crippen molar-refractivity contribution in [2.75, 3.05) is 0 Å². The molecule has 1 N–H and O–H groups in total. The number of nitrogens with one attached hydrogen (secondary N) is 1. The highest BCUT2D eigenvalue weighted by Gasteiger charge is 2.18. The molecule has 0 aliphatic carbocycles. The molecule has 0 saturated carbocycles. The molecule has 0 unspecified atom stereocenters. The van der Waals surface area contributed by atoms with Gasteiger partial charge < -0.3 is 4.52 Å². The predicted molar refractivity (Wildman–Crippen MR) is 80.7 cm³/mol. The Morgan fingerprint density at radius 1 is 1.38 bits per heavy atom. The Labute approximate surface area is 129 Å². The summed E-state index contributed by atoms with van der Waals surface area (Å²) >= 11 is 5.95. The third-order valence-electron chi connectivity index (χ3n) is 3.06. The average Bonchev–Trinajstić information content (AvgIpc) is 2.88. The van der Waals surface area contributed by atoms with Crippen molar-refractivity contribution in [3.63, 3.8) is 0 Å². The molecule has 0 atom stereocenters. The third kappa shape index (κ3) is 3.84. The van der Waals surface area contributed by atoms with Gasteiger partial charge in [0, 0.05) is 11.1 Å². The van der Waals surface area contributed by atoms with Gasteiger partial charge in [-0.25, -0.2) is 13.1 Å². The molecular formula is C14H17ClN2O3S. The van der Waals surface area contributed by atoms with E-state index >= 15 is 0 Å². The molecular weight excluding hydrogens is 312 g/mol. The van der Waals surface area contributed by atoms with Crippen molar-refractivity contribution >= 4 is 21.6 Å². The van der Waals surface area contributed by atoms with E-state index in [4.69, 9.17) is 16.1 Å². The van der Waals surface area contributed by atoms with Gasteiger partial charge in [-0.15, -0.1) is 0 Å². The highest BCUT2D eigenvalue weighted by molar-refractivity contribution is 7.89. The minimum absolute atomic E-state index is 0.0605. The van der Waals surface area contributed by atoms with Gasteiger partial charge in [0.25, 0.3) is 0 Å². The fourth-order valence-corrected chi connectivity index (χ4v) is 3.42. The smallest absolute Gasteiger partial charge is 0.241 e. The Bertz CT molecular complexity index is 726. The molecule has 0 saturated heterocycles. The first-order chi connectivity index (χ1) is 9.94. The van der Waals surface area contributed by atoms with Gasteiger partial charge in [0.15, 0.2) is 5.76 Å². The lowest BCUT2D eigenvalue weighted by Gasteiger charge is -2.09. The summed E-state index contributed by atoms with van der Waals surface area (Å²) in [5.74, 6) is 0.488. The van der Waals surface area contributed by atoms with Crippen LogP contribution in [0.3, 0.4) is 0 Å². The number of halogens is 1. The highest BCUT2D eigenvalue weighted by atomic mass is 35.5. The third-order valence-corrected chi connectivity index (χ3v) is 5.01. The molecule has 2 rings (SSSR count). The van der Waals surface area contributed by atoms with Crippen LogP contribution < -0.4 is 4.72 Å². The van der Waals surface area contributed by atoms with Gasteiger partial charge in [0.1, 0.15) is 0 Å². The Kier molecular flexibility index (Phi) is 5.03. The topological polar surface area (TPSA) is 72.2 Å². The number of sulfonamides is 1. The van der Waals surface area contributed by atoms with E-state index in [1.165, 1.54) is 6.07 Å². The van der Waals surface area contributed by atoms with Crippen molar-refractivity contribution in [2.24, 2.45) is 0 Å². The van der Waals surface area contributed by atoms with Crippen LogP contribution >= 0.6 is 11.6 Å².